The second-order valence-electron chi connectivity index (χ2n) is 6.86. The molecule has 0 amide bonds. The summed E-state index contributed by atoms with van der Waals surface area (Å²) in [6.45, 7) is 5.06. The first-order chi connectivity index (χ1) is 10.1. The monoisotopic (exact) mass is 286 g/mol. The molecule has 3 heteroatoms. The van der Waals surface area contributed by atoms with Crippen molar-refractivity contribution < 1.29 is 4.39 Å². The Kier molecular flexibility index (Phi) is 2.90. The highest BCUT2D eigenvalue weighted by Crippen LogP contribution is 2.45. The first-order valence-corrected chi connectivity index (χ1v) is 8.15. The molecule has 0 radical (unpaired) electrons. The van der Waals surface area contributed by atoms with Crippen LogP contribution in [0.15, 0.2) is 24.3 Å². The van der Waals surface area contributed by atoms with Crippen LogP contribution in [0.3, 0.4) is 0 Å². The lowest BCUT2D eigenvalue weighted by atomic mass is 9.91. The molecule has 2 heterocycles. The fraction of sp³-hybridized carbons (Fsp3) is 0.556. The summed E-state index contributed by atoms with van der Waals surface area (Å²) in [6, 6.07) is 9.27. The smallest absolute Gasteiger partial charge is 0.123 e. The van der Waals surface area contributed by atoms with Gasteiger partial charge in [0.25, 0.3) is 0 Å². The highest BCUT2D eigenvalue weighted by molar-refractivity contribution is 5.85. The van der Waals surface area contributed by atoms with Gasteiger partial charge in [-0.15, -0.1) is 0 Å². The number of rotatable bonds is 3. The average molecular weight is 286 g/mol. The lowest BCUT2D eigenvalue weighted by molar-refractivity contribution is 0.0773. The van der Waals surface area contributed by atoms with E-state index in [0.29, 0.717) is 18.6 Å². The van der Waals surface area contributed by atoms with Gasteiger partial charge < -0.3 is 4.98 Å². The third-order valence-electron chi connectivity index (χ3n) is 5.29. The predicted molar refractivity (Wildman–Crippen MR) is 84.3 cm³/mol. The van der Waals surface area contributed by atoms with Crippen molar-refractivity contribution in [2.45, 2.75) is 57.3 Å². The Morgan fingerprint density at radius 2 is 2.10 bits per heavy atom. The molecule has 1 aliphatic heterocycles. The molecule has 112 valence electrons. The molecule has 0 bridgehead atoms. The second-order valence-corrected chi connectivity index (χ2v) is 6.86. The van der Waals surface area contributed by atoms with E-state index in [-0.39, 0.29) is 0 Å². The van der Waals surface area contributed by atoms with Crippen molar-refractivity contribution in [1.82, 2.24) is 9.88 Å². The number of alkyl halides is 1. The number of nitrogens with one attached hydrogen (secondary N) is 1. The van der Waals surface area contributed by atoms with Crippen LogP contribution in [0.5, 0.6) is 0 Å². The Morgan fingerprint density at radius 1 is 1.33 bits per heavy atom. The molecular weight excluding hydrogens is 263 g/mol. The van der Waals surface area contributed by atoms with E-state index in [1.54, 1.807) is 0 Å². The zero-order valence-corrected chi connectivity index (χ0v) is 12.8. The van der Waals surface area contributed by atoms with Crippen LogP contribution in [0, 0.1) is 0 Å². The molecule has 4 rings (SSSR count). The van der Waals surface area contributed by atoms with Gasteiger partial charge in [0.05, 0.1) is 6.04 Å². The molecule has 21 heavy (non-hydrogen) atoms. The van der Waals surface area contributed by atoms with Gasteiger partial charge >= 0.3 is 0 Å². The van der Waals surface area contributed by atoms with Crippen LogP contribution < -0.4 is 0 Å². The van der Waals surface area contributed by atoms with Crippen LogP contribution in [0.1, 0.15) is 50.4 Å². The third kappa shape index (κ3) is 2.10. The summed E-state index contributed by atoms with van der Waals surface area (Å²) in [5, 5.41) is 1.35. The summed E-state index contributed by atoms with van der Waals surface area (Å²) in [6.07, 6.45) is 3.53. The van der Waals surface area contributed by atoms with E-state index in [4.69, 9.17) is 0 Å². The average Bonchev–Trinajstić information content (AvgIpc) is 3.09. The van der Waals surface area contributed by atoms with Crippen LogP contribution in [-0.4, -0.2) is 28.1 Å². The molecule has 2 aromatic rings. The molecule has 0 spiro atoms. The van der Waals surface area contributed by atoms with Crippen LogP contribution in [-0.2, 0) is 6.42 Å². The molecule has 2 nitrogen and oxygen atoms in total. The largest absolute Gasteiger partial charge is 0.357 e. The highest BCUT2D eigenvalue weighted by Gasteiger charge is 2.47. The molecular formula is C18H23FN2. The van der Waals surface area contributed by atoms with E-state index >= 15 is 0 Å². The van der Waals surface area contributed by atoms with Gasteiger partial charge in [-0.1, -0.05) is 25.1 Å². The predicted octanol–water partition coefficient (Wildman–Crippen LogP) is 4.37. The van der Waals surface area contributed by atoms with E-state index < -0.39 is 5.67 Å². The van der Waals surface area contributed by atoms with E-state index in [1.807, 2.05) is 0 Å². The van der Waals surface area contributed by atoms with E-state index in [0.717, 1.165) is 25.7 Å². The number of aromatic amines is 1. The normalized spacial score (nSPS) is 27.8. The number of aromatic nitrogens is 1. The van der Waals surface area contributed by atoms with Crippen molar-refractivity contribution in [1.29, 1.82) is 0 Å². The van der Waals surface area contributed by atoms with Gasteiger partial charge in [0.1, 0.15) is 5.67 Å². The molecule has 1 aliphatic carbocycles. The van der Waals surface area contributed by atoms with Crippen LogP contribution >= 0.6 is 0 Å². The SMILES string of the molecule is CCC1c2[nH]c3ccccc3c2C[C@@H](C)N1CC1(F)CC1. The van der Waals surface area contributed by atoms with E-state index in [2.05, 4.69) is 48.0 Å². The maximum Gasteiger partial charge on any atom is 0.123 e. The molecule has 1 saturated carbocycles. The molecule has 0 saturated heterocycles. The first kappa shape index (κ1) is 13.3. The topological polar surface area (TPSA) is 19.0 Å². The second kappa shape index (κ2) is 4.57. The maximum absolute atomic E-state index is 14.3. The first-order valence-electron chi connectivity index (χ1n) is 8.15. The molecule has 1 unspecified atom stereocenters. The lowest BCUT2D eigenvalue weighted by Crippen LogP contribution is -2.45. The molecule has 1 fully saturated rings. The molecule has 1 aromatic heterocycles. The number of para-hydroxylation sites is 1. The van der Waals surface area contributed by atoms with Gasteiger partial charge in [-0.05, 0) is 44.2 Å². The Hall–Kier alpha value is -1.35. The summed E-state index contributed by atoms with van der Waals surface area (Å²) >= 11 is 0. The summed E-state index contributed by atoms with van der Waals surface area (Å²) in [4.78, 5) is 6.00. The van der Waals surface area contributed by atoms with Crippen molar-refractivity contribution in [3.8, 4) is 0 Å². The number of benzene rings is 1. The van der Waals surface area contributed by atoms with Gasteiger partial charge in [0.2, 0.25) is 0 Å². The van der Waals surface area contributed by atoms with Gasteiger partial charge in [0, 0.05) is 29.2 Å². The minimum Gasteiger partial charge on any atom is -0.357 e. The fourth-order valence-electron chi connectivity index (χ4n) is 3.94. The Morgan fingerprint density at radius 3 is 2.81 bits per heavy atom. The van der Waals surface area contributed by atoms with E-state index in [9.17, 15) is 4.39 Å². The van der Waals surface area contributed by atoms with Gasteiger partial charge in [0.15, 0.2) is 0 Å². The number of nitrogens with zero attached hydrogens (tertiary/aromatic N) is 1. The summed E-state index contributed by atoms with van der Waals surface area (Å²) in [5.41, 5.74) is 3.08. The highest BCUT2D eigenvalue weighted by atomic mass is 19.1. The van der Waals surface area contributed by atoms with Crippen molar-refractivity contribution in [3.63, 3.8) is 0 Å². The standard InChI is InChI=1S/C18H23FN2/c1-3-16-17-14(13-6-4-5-7-15(13)20-17)10-12(2)21(16)11-18(19)8-9-18/h4-7,12,16,20H,3,8-11H2,1-2H3/t12-,16?/m1/s1. The van der Waals surface area contributed by atoms with E-state index in [1.165, 1.54) is 22.2 Å². The van der Waals surface area contributed by atoms with Crippen molar-refractivity contribution in [3.05, 3.63) is 35.5 Å². The van der Waals surface area contributed by atoms with Crippen LogP contribution in [0.25, 0.3) is 10.9 Å². The van der Waals surface area contributed by atoms with Crippen LogP contribution in [0.2, 0.25) is 0 Å². The lowest BCUT2D eigenvalue weighted by Gasteiger charge is -2.41. The van der Waals surface area contributed by atoms with Gasteiger partial charge in [-0.2, -0.15) is 0 Å². The van der Waals surface area contributed by atoms with Crippen molar-refractivity contribution >= 4 is 10.9 Å². The Bertz CT molecular complexity index is 671. The zero-order valence-electron chi connectivity index (χ0n) is 12.8. The number of fused-ring (bicyclic) bond motifs is 3. The van der Waals surface area contributed by atoms with Gasteiger partial charge in [-0.3, -0.25) is 4.90 Å². The molecule has 1 N–H and O–H groups in total. The quantitative estimate of drug-likeness (QED) is 0.888. The number of H-pyrrole nitrogens is 1. The Labute approximate surface area is 125 Å². The number of hydrogen-bond acceptors (Lipinski definition) is 1. The summed E-state index contributed by atoms with van der Waals surface area (Å²) < 4.78 is 14.3. The summed E-state index contributed by atoms with van der Waals surface area (Å²) in [7, 11) is 0. The molecule has 2 aliphatic rings. The Balaban J connectivity index is 1.77. The maximum atomic E-state index is 14.3. The van der Waals surface area contributed by atoms with Crippen LogP contribution in [0.4, 0.5) is 4.39 Å². The van der Waals surface area contributed by atoms with Crippen molar-refractivity contribution in [2.75, 3.05) is 6.54 Å². The zero-order chi connectivity index (χ0) is 14.6. The number of hydrogen-bond donors (Lipinski definition) is 1. The molecule has 2 atom stereocenters. The third-order valence-corrected chi connectivity index (χ3v) is 5.29. The van der Waals surface area contributed by atoms with Crippen molar-refractivity contribution in [2.24, 2.45) is 0 Å². The molecule has 1 aromatic carbocycles. The number of halogens is 1. The fourth-order valence-corrected chi connectivity index (χ4v) is 3.94. The minimum absolute atomic E-state index is 0.323. The van der Waals surface area contributed by atoms with Gasteiger partial charge in [-0.25, -0.2) is 4.39 Å². The summed E-state index contributed by atoms with van der Waals surface area (Å²) in [5.74, 6) is 0. The minimum atomic E-state index is -0.912.